The van der Waals surface area contributed by atoms with Gasteiger partial charge in [-0.05, 0) is 66.6 Å². The average Bonchev–Trinajstić information content (AvgIpc) is 3.02. The van der Waals surface area contributed by atoms with E-state index in [1.807, 2.05) is 0 Å². The van der Waals surface area contributed by atoms with Crippen LogP contribution >= 0.6 is 0 Å². The molecule has 0 radical (unpaired) electrons. The lowest BCUT2D eigenvalue weighted by Gasteiger charge is -2.35. The molecule has 4 aliphatic rings. The highest BCUT2D eigenvalue weighted by molar-refractivity contribution is 5.17. The summed E-state index contributed by atoms with van der Waals surface area (Å²) in [5.74, 6) is 5.68. The highest BCUT2D eigenvalue weighted by Gasteiger charge is 2.57. The molecule has 0 unspecified atom stereocenters. The molecule has 0 spiro atoms. The molecule has 10 atom stereocenters. The Hall–Kier alpha value is -0.340. The molecule has 0 amide bonds. The first-order chi connectivity index (χ1) is 9.61. The van der Waals surface area contributed by atoms with Crippen LogP contribution in [0.5, 0.6) is 0 Å². The van der Waals surface area contributed by atoms with E-state index >= 15 is 0 Å². The summed E-state index contributed by atoms with van der Waals surface area (Å²) in [6.07, 6.45) is 8.72. The van der Waals surface area contributed by atoms with Gasteiger partial charge in [-0.15, -0.1) is 0 Å². The van der Waals surface area contributed by atoms with E-state index in [0.29, 0.717) is 17.8 Å². The molecule has 2 nitrogen and oxygen atoms in total. The Morgan fingerprint density at radius 1 is 0.900 bits per heavy atom. The average molecular weight is 276 g/mol. The summed E-state index contributed by atoms with van der Waals surface area (Å²) >= 11 is 0. The van der Waals surface area contributed by atoms with Gasteiger partial charge in [-0.25, -0.2) is 0 Å². The molecule has 0 aromatic rings. The minimum atomic E-state index is -0.469. The largest absolute Gasteiger partial charge is 0.390 e. The lowest BCUT2D eigenvalue weighted by atomic mass is 9.69. The van der Waals surface area contributed by atoms with E-state index in [4.69, 9.17) is 0 Å². The lowest BCUT2D eigenvalue weighted by molar-refractivity contribution is 0.0153. The molecule has 3 saturated carbocycles. The van der Waals surface area contributed by atoms with Crippen LogP contribution in [0.15, 0.2) is 12.2 Å². The van der Waals surface area contributed by atoms with Crippen LogP contribution in [0.2, 0.25) is 0 Å². The van der Waals surface area contributed by atoms with Crippen LogP contribution in [0.25, 0.3) is 0 Å². The molecular weight excluding hydrogens is 248 g/mol. The van der Waals surface area contributed by atoms with Crippen LogP contribution in [-0.2, 0) is 0 Å². The third-order valence-corrected chi connectivity index (χ3v) is 7.37. The van der Waals surface area contributed by atoms with E-state index in [0.717, 1.165) is 42.4 Å². The molecule has 0 aliphatic heterocycles. The fraction of sp³-hybridized carbons (Fsp3) is 0.889. The van der Waals surface area contributed by atoms with Crippen molar-refractivity contribution in [2.45, 2.75) is 51.7 Å². The van der Waals surface area contributed by atoms with E-state index in [-0.39, 0.29) is 0 Å². The number of rotatable bonds is 1. The maximum Gasteiger partial charge on any atom is 0.0830 e. The normalized spacial score (nSPS) is 60.4. The standard InChI is InChI=1S/C18H28O2/c1-3-10-9(2)6-13-11(10)4-5-12-14(13)7-16-15(12)8-17(19)18(16)20/h4-5,9-20H,3,6-8H2,1-2H3/t9-,10-,11+,12+,13+,14+,15-,16+,17-,18+/m1/s1. The summed E-state index contributed by atoms with van der Waals surface area (Å²) in [4.78, 5) is 0. The van der Waals surface area contributed by atoms with Gasteiger partial charge in [-0.2, -0.15) is 0 Å². The second-order valence-electron chi connectivity index (χ2n) is 8.01. The van der Waals surface area contributed by atoms with Crippen LogP contribution in [0.1, 0.15) is 39.5 Å². The summed E-state index contributed by atoms with van der Waals surface area (Å²) in [5, 5.41) is 20.2. The van der Waals surface area contributed by atoms with Crippen LogP contribution in [0, 0.1) is 47.3 Å². The van der Waals surface area contributed by atoms with Crippen molar-refractivity contribution in [1.29, 1.82) is 0 Å². The SMILES string of the molecule is CC[C@H]1[C@@H]2C=C[C@@H]3[C@H]4C[C@@H](O)[C@@H](O)[C@H]4C[C@@H]3[C@H]2C[C@H]1C. The first-order valence-corrected chi connectivity index (χ1v) is 8.66. The van der Waals surface area contributed by atoms with Crippen LogP contribution in [0.3, 0.4) is 0 Å². The maximum absolute atomic E-state index is 10.2. The number of allylic oxidation sites excluding steroid dienone is 2. The molecular formula is C18H28O2. The second kappa shape index (κ2) is 4.58. The van der Waals surface area contributed by atoms with Crippen molar-refractivity contribution in [3.8, 4) is 0 Å². The topological polar surface area (TPSA) is 40.5 Å². The molecule has 4 rings (SSSR count). The molecule has 0 saturated heterocycles. The zero-order valence-corrected chi connectivity index (χ0v) is 12.7. The van der Waals surface area contributed by atoms with Crippen LogP contribution < -0.4 is 0 Å². The van der Waals surface area contributed by atoms with Crippen LogP contribution in [-0.4, -0.2) is 22.4 Å². The molecule has 0 heterocycles. The lowest BCUT2D eigenvalue weighted by Crippen LogP contribution is -2.30. The fourth-order valence-electron chi connectivity index (χ4n) is 6.56. The van der Waals surface area contributed by atoms with Gasteiger partial charge >= 0.3 is 0 Å². The van der Waals surface area contributed by atoms with Crippen molar-refractivity contribution in [1.82, 2.24) is 0 Å². The molecule has 0 bridgehead atoms. The Labute approximate surface area is 122 Å². The second-order valence-corrected chi connectivity index (χ2v) is 8.01. The predicted octanol–water partition coefficient (Wildman–Crippen LogP) is 2.85. The van der Waals surface area contributed by atoms with E-state index in [1.54, 1.807) is 0 Å². The minimum absolute atomic E-state index is 0.361. The van der Waals surface area contributed by atoms with Gasteiger partial charge in [-0.1, -0.05) is 32.4 Å². The van der Waals surface area contributed by atoms with E-state index in [1.165, 1.54) is 12.8 Å². The summed E-state index contributed by atoms with van der Waals surface area (Å²) < 4.78 is 0. The fourth-order valence-corrected chi connectivity index (χ4v) is 6.56. The Bertz CT molecular complexity index is 418. The third-order valence-electron chi connectivity index (χ3n) is 7.37. The van der Waals surface area contributed by atoms with Crippen molar-refractivity contribution < 1.29 is 10.2 Å². The van der Waals surface area contributed by atoms with Gasteiger partial charge in [0, 0.05) is 0 Å². The van der Waals surface area contributed by atoms with Gasteiger partial charge in [-0.3, -0.25) is 0 Å². The Kier molecular flexibility index (Phi) is 3.05. The van der Waals surface area contributed by atoms with Crippen molar-refractivity contribution >= 4 is 0 Å². The highest BCUT2D eigenvalue weighted by atomic mass is 16.3. The molecule has 20 heavy (non-hydrogen) atoms. The molecule has 112 valence electrons. The Morgan fingerprint density at radius 2 is 1.55 bits per heavy atom. The zero-order valence-electron chi connectivity index (χ0n) is 12.7. The third kappa shape index (κ3) is 1.64. The quantitative estimate of drug-likeness (QED) is 0.723. The summed E-state index contributed by atoms with van der Waals surface area (Å²) in [5.41, 5.74) is 0. The molecule has 2 N–H and O–H groups in total. The van der Waals surface area contributed by atoms with Gasteiger partial charge in [0.2, 0.25) is 0 Å². The number of fused-ring (bicyclic) bond motifs is 5. The van der Waals surface area contributed by atoms with Gasteiger partial charge in [0.05, 0.1) is 12.2 Å². The van der Waals surface area contributed by atoms with E-state index in [2.05, 4.69) is 26.0 Å². The first kappa shape index (κ1) is 13.3. The van der Waals surface area contributed by atoms with Crippen molar-refractivity contribution in [2.75, 3.05) is 0 Å². The van der Waals surface area contributed by atoms with Gasteiger partial charge in [0.1, 0.15) is 0 Å². The van der Waals surface area contributed by atoms with Gasteiger partial charge in [0.15, 0.2) is 0 Å². The number of aliphatic hydroxyl groups excluding tert-OH is 2. The Morgan fingerprint density at radius 3 is 2.30 bits per heavy atom. The van der Waals surface area contributed by atoms with Crippen molar-refractivity contribution in [3.63, 3.8) is 0 Å². The van der Waals surface area contributed by atoms with Gasteiger partial charge < -0.3 is 10.2 Å². The number of hydrogen-bond acceptors (Lipinski definition) is 2. The summed E-state index contributed by atoms with van der Waals surface area (Å²) in [6, 6.07) is 0. The van der Waals surface area contributed by atoms with Crippen molar-refractivity contribution in [3.05, 3.63) is 12.2 Å². The first-order valence-electron chi connectivity index (χ1n) is 8.66. The molecule has 0 aromatic carbocycles. The smallest absolute Gasteiger partial charge is 0.0830 e. The monoisotopic (exact) mass is 276 g/mol. The number of aliphatic hydroxyl groups is 2. The molecule has 3 fully saturated rings. The molecule has 2 heteroatoms. The molecule has 4 aliphatic carbocycles. The zero-order chi connectivity index (χ0) is 14.0. The molecule has 0 aromatic heterocycles. The predicted molar refractivity (Wildman–Crippen MR) is 78.9 cm³/mol. The van der Waals surface area contributed by atoms with Crippen LogP contribution in [0.4, 0.5) is 0 Å². The summed E-state index contributed by atoms with van der Waals surface area (Å²) in [7, 11) is 0. The summed E-state index contributed by atoms with van der Waals surface area (Å²) in [6.45, 7) is 4.77. The van der Waals surface area contributed by atoms with E-state index in [9.17, 15) is 10.2 Å². The van der Waals surface area contributed by atoms with Gasteiger partial charge in [0.25, 0.3) is 0 Å². The maximum atomic E-state index is 10.2. The highest BCUT2D eigenvalue weighted by Crippen LogP contribution is 2.61. The van der Waals surface area contributed by atoms with Crippen molar-refractivity contribution in [2.24, 2.45) is 47.3 Å². The number of hydrogen-bond donors (Lipinski definition) is 2. The minimum Gasteiger partial charge on any atom is -0.390 e. The van der Waals surface area contributed by atoms with E-state index < -0.39 is 12.2 Å². The Balaban J connectivity index is 1.61.